The molecule has 0 spiro atoms. The van der Waals surface area contributed by atoms with Crippen LogP contribution in [0.4, 0.5) is 0 Å². The van der Waals surface area contributed by atoms with Gasteiger partial charge in [0, 0.05) is 28.8 Å². The van der Waals surface area contributed by atoms with E-state index in [0.29, 0.717) is 0 Å². The van der Waals surface area contributed by atoms with Crippen molar-refractivity contribution in [1.82, 2.24) is 9.55 Å². The van der Waals surface area contributed by atoms with Gasteiger partial charge in [-0.05, 0) is 36.2 Å². The van der Waals surface area contributed by atoms with E-state index in [0.717, 1.165) is 28.9 Å². The van der Waals surface area contributed by atoms with Gasteiger partial charge in [-0.1, -0.05) is 43.9 Å². The molecule has 0 unspecified atom stereocenters. The number of hydrogen-bond donors (Lipinski definition) is 0. The van der Waals surface area contributed by atoms with Gasteiger partial charge < -0.3 is 14.0 Å². The van der Waals surface area contributed by atoms with Crippen molar-refractivity contribution in [2.45, 2.75) is 33.1 Å². The molecule has 0 atom stereocenters. The maximum absolute atomic E-state index is 5.59. The van der Waals surface area contributed by atoms with Crippen LogP contribution in [0.1, 0.15) is 11.1 Å². The molecule has 29 heavy (non-hydrogen) atoms. The average Bonchev–Trinajstić information content (AvgIpc) is 3.00. The first-order chi connectivity index (χ1) is 13.8. The Morgan fingerprint density at radius 3 is 2.28 bits per heavy atom. The Morgan fingerprint density at radius 2 is 1.66 bits per heavy atom. The zero-order valence-corrected chi connectivity index (χ0v) is 19.0. The monoisotopic (exact) mass is 404 g/mol. The summed E-state index contributed by atoms with van der Waals surface area (Å²) in [6.45, 7) is 10.3. The van der Waals surface area contributed by atoms with Crippen LogP contribution in [0.2, 0.25) is 19.6 Å². The molecule has 150 valence electrons. The predicted molar refractivity (Wildman–Crippen MR) is 124 cm³/mol. The molecule has 0 aliphatic carbocycles. The molecule has 4 rings (SSSR count). The number of methoxy groups -OCH3 is 2. The molecule has 2 aromatic heterocycles. The third-order valence-corrected chi connectivity index (χ3v) is 7.63. The number of ether oxygens (including phenoxy) is 2. The Labute approximate surface area is 173 Å². The summed E-state index contributed by atoms with van der Waals surface area (Å²) in [4.78, 5) is 4.77. The van der Waals surface area contributed by atoms with Crippen LogP contribution < -0.4 is 14.8 Å². The number of aromatic nitrogens is 2. The first-order valence-electron chi connectivity index (χ1n) is 9.93. The number of hydrogen-bond acceptors (Lipinski definition) is 3. The van der Waals surface area contributed by atoms with Gasteiger partial charge in [0.25, 0.3) is 0 Å². The fourth-order valence-corrected chi connectivity index (χ4v) is 6.65. The van der Waals surface area contributed by atoms with Gasteiger partial charge >= 0.3 is 0 Å². The molecule has 0 saturated carbocycles. The number of fused-ring (bicyclic) bond motifs is 3. The van der Waals surface area contributed by atoms with Crippen molar-refractivity contribution < 1.29 is 9.47 Å². The first-order valence-corrected chi connectivity index (χ1v) is 13.4. The van der Waals surface area contributed by atoms with Crippen LogP contribution in [0.15, 0.2) is 48.7 Å². The summed E-state index contributed by atoms with van der Waals surface area (Å²) in [5.74, 6) is 1.70. The number of rotatable bonds is 5. The van der Waals surface area contributed by atoms with Gasteiger partial charge in [-0.15, -0.1) is 0 Å². The largest absolute Gasteiger partial charge is 0.497 e. The average molecular weight is 405 g/mol. The summed E-state index contributed by atoms with van der Waals surface area (Å²) in [6.07, 6.45) is 2.02. The molecule has 0 amide bonds. The fraction of sp³-hybridized carbons (Fsp3) is 0.292. The lowest BCUT2D eigenvalue weighted by atomic mass is 10.1. The van der Waals surface area contributed by atoms with Crippen LogP contribution in [0.25, 0.3) is 21.8 Å². The van der Waals surface area contributed by atoms with E-state index in [1.807, 2.05) is 24.4 Å². The van der Waals surface area contributed by atoms with Gasteiger partial charge in [0.15, 0.2) is 0 Å². The summed E-state index contributed by atoms with van der Waals surface area (Å²) in [5, 5.41) is 3.85. The van der Waals surface area contributed by atoms with Gasteiger partial charge in [0.1, 0.15) is 17.0 Å². The minimum absolute atomic E-state index is 0.814. The number of pyridine rings is 1. The lowest BCUT2D eigenvalue weighted by molar-refractivity contribution is 0.414. The van der Waals surface area contributed by atoms with Crippen LogP contribution in [-0.2, 0) is 6.54 Å². The highest BCUT2D eigenvalue weighted by Crippen LogP contribution is 2.33. The first kappa shape index (κ1) is 19.5. The SMILES string of the molecule is COc1ccc(Cn2c([Si](C)(C)C)c(C)c3cnc4c(OC)cccc4c32)cc1. The molecule has 0 aliphatic rings. The summed E-state index contributed by atoms with van der Waals surface area (Å²) in [7, 11) is 1.80. The minimum Gasteiger partial charge on any atom is -0.497 e. The molecular weight excluding hydrogens is 376 g/mol. The van der Waals surface area contributed by atoms with E-state index in [9.17, 15) is 0 Å². The third kappa shape index (κ3) is 3.29. The zero-order chi connectivity index (χ0) is 20.8. The number of nitrogens with zero attached hydrogens (tertiary/aromatic N) is 2. The van der Waals surface area contributed by atoms with Crippen molar-refractivity contribution in [3.05, 3.63) is 59.8 Å². The van der Waals surface area contributed by atoms with E-state index in [1.165, 1.54) is 27.3 Å². The highest BCUT2D eigenvalue weighted by atomic mass is 28.3. The van der Waals surface area contributed by atoms with Crippen molar-refractivity contribution in [2.75, 3.05) is 14.2 Å². The van der Waals surface area contributed by atoms with Crippen molar-refractivity contribution in [1.29, 1.82) is 0 Å². The van der Waals surface area contributed by atoms with Gasteiger partial charge in [-0.2, -0.15) is 0 Å². The third-order valence-electron chi connectivity index (χ3n) is 5.56. The Hall–Kier alpha value is -2.79. The van der Waals surface area contributed by atoms with Crippen LogP contribution in [0, 0.1) is 6.92 Å². The van der Waals surface area contributed by atoms with Crippen LogP contribution in [0.3, 0.4) is 0 Å². The van der Waals surface area contributed by atoms with E-state index >= 15 is 0 Å². The minimum atomic E-state index is -1.61. The fourth-order valence-electron chi connectivity index (χ4n) is 4.39. The topological polar surface area (TPSA) is 36.3 Å². The molecule has 2 aromatic carbocycles. The molecule has 2 heterocycles. The van der Waals surface area contributed by atoms with E-state index in [-0.39, 0.29) is 0 Å². The highest BCUT2D eigenvalue weighted by molar-refractivity contribution is 6.88. The Balaban J connectivity index is 2.04. The van der Waals surface area contributed by atoms with Gasteiger partial charge in [-0.25, -0.2) is 0 Å². The predicted octanol–water partition coefficient (Wildman–Crippen LogP) is 5.11. The van der Waals surface area contributed by atoms with E-state index < -0.39 is 8.07 Å². The summed E-state index contributed by atoms with van der Waals surface area (Å²) in [5.41, 5.74) is 4.78. The van der Waals surface area contributed by atoms with E-state index in [4.69, 9.17) is 14.5 Å². The Bertz CT molecular complexity index is 1190. The quantitative estimate of drug-likeness (QED) is 0.434. The van der Waals surface area contributed by atoms with Gasteiger partial charge in [0.2, 0.25) is 0 Å². The standard InChI is InChI=1S/C24H28N2O2Si/c1-16-20-14-25-22-19(8-7-9-21(22)28-3)23(20)26(24(16)29(4,5)6)15-17-10-12-18(27-2)13-11-17/h7-14H,15H2,1-6H3. The summed E-state index contributed by atoms with van der Waals surface area (Å²) in [6, 6.07) is 14.6. The van der Waals surface area contributed by atoms with E-state index in [2.05, 4.69) is 55.4 Å². The van der Waals surface area contributed by atoms with Crippen LogP contribution >= 0.6 is 0 Å². The van der Waals surface area contributed by atoms with Crippen LogP contribution in [0.5, 0.6) is 11.5 Å². The zero-order valence-electron chi connectivity index (χ0n) is 18.0. The highest BCUT2D eigenvalue weighted by Gasteiger charge is 2.27. The molecule has 5 heteroatoms. The molecule has 4 aromatic rings. The lowest BCUT2D eigenvalue weighted by Gasteiger charge is -2.22. The summed E-state index contributed by atoms with van der Waals surface area (Å²) >= 11 is 0. The molecule has 4 nitrogen and oxygen atoms in total. The molecule has 0 bridgehead atoms. The van der Waals surface area contributed by atoms with Crippen molar-refractivity contribution in [2.24, 2.45) is 0 Å². The summed E-state index contributed by atoms with van der Waals surface area (Å²) < 4.78 is 13.4. The van der Waals surface area contributed by atoms with Crippen molar-refractivity contribution >= 4 is 35.2 Å². The maximum Gasteiger partial charge on any atom is 0.145 e. The smallest absolute Gasteiger partial charge is 0.145 e. The lowest BCUT2D eigenvalue weighted by Crippen LogP contribution is -2.44. The molecular formula is C24H28N2O2Si. The second-order valence-electron chi connectivity index (χ2n) is 8.53. The number of benzene rings is 2. The normalized spacial score (nSPS) is 11.9. The van der Waals surface area contributed by atoms with Crippen molar-refractivity contribution in [3.8, 4) is 11.5 Å². The second kappa shape index (κ2) is 7.23. The molecule has 0 aliphatic heterocycles. The number of aryl methyl sites for hydroxylation is 1. The second-order valence-corrected chi connectivity index (χ2v) is 13.5. The Morgan fingerprint density at radius 1 is 0.931 bits per heavy atom. The van der Waals surface area contributed by atoms with Crippen molar-refractivity contribution in [3.63, 3.8) is 0 Å². The van der Waals surface area contributed by atoms with E-state index in [1.54, 1.807) is 14.2 Å². The number of para-hydroxylation sites is 1. The van der Waals surface area contributed by atoms with Gasteiger partial charge in [-0.3, -0.25) is 4.98 Å². The van der Waals surface area contributed by atoms with Gasteiger partial charge in [0.05, 0.1) is 27.8 Å². The van der Waals surface area contributed by atoms with Crippen LogP contribution in [-0.4, -0.2) is 31.8 Å². The molecule has 0 N–H and O–H groups in total. The Kier molecular flexibility index (Phi) is 4.86. The maximum atomic E-state index is 5.59. The molecule has 0 fully saturated rings. The molecule has 0 radical (unpaired) electrons. The molecule has 0 saturated heterocycles.